The Balaban J connectivity index is 1.76. The van der Waals surface area contributed by atoms with Gasteiger partial charge in [-0.3, -0.25) is 0 Å². The van der Waals surface area contributed by atoms with Gasteiger partial charge in [0.1, 0.15) is 17.3 Å². The largest absolute Gasteiger partial charge is 0.495 e. The van der Waals surface area contributed by atoms with Gasteiger partial charge in [-0.2, -0.15) is 4.31 Å². The molecule has 162 valence electrons. The maximum Gasteiger partial charge on any atom is 0.338 e. The summed E-state index contributed by atoms with van der Waals surface area (Å²) in [6.45, 7) is 5.14. The van der Waals surface area contributed by atoms with Crippen LogP contribution in [0.3, 0.4) is 0 Å². The molecule has 2 aliphatic heterocycles. The highest BCUT2D eigenvalue weighted by Crippen LogP contribution is 2.31. The summed E-state index contributed by atoms with van der Waals surface area (Å²) >= 11 is 0. The molecule has 0 aliphatic carbocycles. The number of hydrogen-bond donors (Lipinski definition) is 0. The van der Waals surface area contributed by atoms with E-state index in [0.717, 1.165) is 38.5 Å². The quantitative estimate of drug-likeness (QED) is 0.650. The lowest BCUT2D eigenvalue weighted by atomic mass is 10.1. The molecule has 0 bridgehead atoms. The summed E-state index contributed by atoms with van der Waals surface area (Å²) < 4.78 is 44.4. The minimum Gasteiger partial charge on any atom is -0.495 e. The molecule has 2 heterocycles. The first kappa shape index (κ1) is 22.1. The van der Waals surface area contributed by atoms with Gasteiger partial charge in [-0.25, -0.2) is 13.2 Å². The molecule has 2 fully saturated rings. The summed E-state index contributed by atoms with van der Waals surface area (Å²) in [4.78, 5) is 12.6. The van der Waals surface area contributed by atoms with Crippen molar-refractivity contribution in [1.29, 1.82) is 0 Å². The van der Waals surface area contributed by atoms with Crippen LogP contribution in [-0.2, 0) is 19.5 Å². The van der Waals surface area contributed by atoms with Crippen molar-refractivity contribution < 1.29 is 27.4 Å². The van der Waals surface area contributed by atoms with Crippen LogP contribution < -0.4 is 4.74 Å². The van der Waals surface area contributed by atoms with E-state index in [0.29, 0.717) is 13.1 Å². The lowest BCUT2D eigenvalue weighted by molar-refractivity contribution is -0.0445. The molecule has 1 aromatic rings. The third-order valence-electron chi connectivity index (χ3n) is 5.54. The molecule has 0 spiro atoms. The molecule has 2 aliphatic rings. The smallest absolute Gasteiger partial charge is 0.338 e. The monoisotopic (exact) mass is 425 g/mol. The number of ether oxygens (including phenoxy) is 3. The lowest BCUT2D eigenvalue weighted by Gasteiger charge is -2.22. The van der Waals surface area contributed by atoms with Crippen molar-refractivity contribution in [3.05, 3.63) is 23.8 Å². The first-order valence-electron chi connectivity index (χ1n) is 10.3. The maximum absolute atomic E-state index is 13.2. The molecule has 8 heteroatoms. The van der Waals surface area contributed by atoms with Crippen molar-refractivity contribution in [3.8, 4) is 5.75 Å². The summed E-state index contributed by atoms with van der Waals surface area (Å²) in [6, 6.07) is 4.40. The highest BCUT2D eigenvalue weighted by atomic mass is 32.2. The number of carbonyl (C=O) groups is 1. The van der Waals surface area contributed by atoms with E-state index in [1.54, 1.807) is 0 Å². The van der Waals surface area contributed by atoms with E-state index in [-0.39, 0.29) is 34.5 Å². The topological polar surface area (TPSA) is 82.1 Å². The van der Waals surface area contributed by atoms with Gasteiger partial charge in [0.25, 0.3) is 0 Å². The van der Waals surface area contributed by atoms with Crippen molar-refractivity contribution in [1.82, 2.24) is 4.31 Å². The summed E-state index contributed by atoms with van der Waals surface area (Å²) in [5, 5.41) is 0. The second-order valence-corrected chi connectivity index (χ2v) is 10.2. The van der Waals surface area contributed by atoms with Crippen molar-refractivity contribution in [2.45, 2.75) is 69.0 Å². The average Bonchev–Trinajstić information content (AvgIpc) is 2.89. The van der Waals surface area contributed by atoms with Crippen LogP contribution >= 0.6 is 0 Å². The fourth-order valence-corrected chi connectivity index (χ4v) is 5.57. The molecule has 0 radical (unpaired) electrons. The maximum atomic E-state index is 13.2. The van der Waals surface area contributed by atoms with E-state index in [2.05, 4.69) is 0 Å². The summed E-state index contributed by atoms with van der Waals surface area (Å²) in [7, 11) is -2.33. The summed E-state index contributed by atoms with van der Waals surface area (Å²) in [6.07, 6.45) is 5.33. The zero-order valence-corrected chi connectivity index (χ0v) is 18.3. The Kier molecular flexibility index (Phi) is 6.86. The number of esters is 1. The van der Waals surface area contributed by atoms with E-state index >= 15 is 0 Å². The van der Waals surface area contributed by atoms with Gasteiger partial charge in [0, 0.05) is 13.1 Å². The first-order valence-corrected chi connectivity index (χ1v) is 11.7. The number of rotatable bonds is 6. The van der Waals surface area contributed by atoms with Crippen LogP contribution in [0.4, 0.5) is 0 Å². The number of hydrogen-bond acceptors (Lipinski definition) is 6. The molecule has 0 N–H and O–H groups in total. The SMILES string of the molecule is COc1ccc(C(=O)OC[C@H]2CCC(C)(C)O2)cc1S(=O)(=O)N1CCCCCC1. The molecule has 1 atom stereocenters. The second-order valence-electron chi connectivity index (χ2n) is 8.32. The Bertz CT molecular complexity index is 828. The Morgan fingerprint density at radius 3 is 2.48 bits per heavy atom. The highest BCUT2D eigenvalue weighted by molar-refractivity contribution is 7.89. The van der Waals surface area contributed by atoms with Crippen LogP contribution in [0.1, 0.15) is 62.7 Å². The third kappa shape index (κ3) is 5.29. The van der Waals surface area contributed by atoms with Crippen molar-refractivity contribution in [3.63, 3.8) is 0 Å². The zero-order chi connectivity index (χ0) is 21.1. The number of sulfonamides is 1. The lowest BCUT2D eigenvalue weighted by Crippen LogP contribution is -2.32. The van der Waals surface area contributed by atoms with E-state index in [1.165, 1.54) is 29.6 Å². The van der Waals surface area contributed by atoms with Crippen LogP contribution in [0.25, 0.3) is 0 Å². The zero-order valence-electron chi connectivity index (χ0n) is 17.5. The Labute approximate surface area is 173 Å². The molecular formula is C21H31NO6S. The Hall–Kier alpha value is -1.64. The predicted octanol–water partition coefficient (Wildman–Crippen LogP) is 3.37. The molecule has 29 heavy (non-hydrogen) atoms. The third-order valence-corrected chi connectivity index (χ3v) is 7.46. The molecular weight excluding hydrogens is 394 g/mol. The standard InChI is InChI=1S/C21H31NO6S/c1-21(2)11-10-17(28-21)15-27-20(23)16-8-9-18(26-3)19(14-16)29(24,25)22-12-6-4-5-7-13-22/h8-9,14,17H,4-7,10-13,15H2,1-3H3/t17-/m1/s1. The predicted molar refractivity (Wildman–Crippen MR) is 109 cm³/mol. The van der Waals surface area contributed by atoms with E-state index < -0.39 is 16.0 Å². The highest BCUT2D eigenvalue weighted by Gasteiger charge is 2.33. The van der Waals surface area contributed by atoms with Crippen LogP contribution in [0.15, 0.2) is 23.1 Å². The Morgan fingerprint density at radius 1 is 1.21 bits per heavy atom. The van der Waals surface area contributed by atoms with Gasteiger partial charge < -0.3 is 14.2 Å². The molecule has 0 amide bonds. The number of carbonyl (C=O) groups excluding carboxylic acids is 1. The first-order chi connectivity index (χ1) is 13.7. The summed E-state index contributed by atoms with van der Waals surface area (Å²) in [5.74, 6) is -0.333. The van der Waals surface area contributed by atoms with Crippen molar-refractivity contribution in [2.75, 3.05) is 26.8 Å². The number of nitrogens with zero attached hydrogens (tertiary/aromatic N) is 1. The van der Waals surface area contributed by atoms with Crippen molar-refractivity contribution in [2.24, 2.45) is 0 Å². The molecule has 7 nitrogen and oxygen atoms in total. The Morgan fingerprint density at radius 2 is 1.90 bits per heavy atom. The fraction of sp³-hybridized carbons (Fsp3) is 0.667. The van der Waals surface area contributed by atoms with Gasteiger partial charge in [0.15, 0.2) is 0 Å². The molecule has 1 aromatic carbocycles. The van der Waals surface area contributed by atoms with Gasteiger partial charge in [-0.1, -0.05) is 12.8 Å². The van der Waals surface area contributed by atoms with Crippen molar-refractivity contribution >= 4 is 16.0 Å². The van der Waals surface area contributed by atoms with Gasteiger partial charge in [0.05, 0.1) is 24.4 Å². The van der Waals surface area contributed by atoms with E-state index in [4.69, 9.17) is 14.2 Å². The van der Waals surface area contributed by atoms with Crippen LogP contribution in [0.2, 0.25) is 0 Å². The minimum atomic E-state index is -3.75. The number of methoxy groups -OCH3 is 1. The van der Waals surface area contributed by atoms with E-state index in [9.17, 15) is 13.2 Å². The fourth-order valence-electron chi connectivity index (χ4n) is 3.87. The van der Waals surface area contributed by atoms with Gasteiger partial charge >= 0.3 is 5.97 Å². The molecule has 0 unspecified atom stereocenters. The molecule has 3 rings (SSSR count). The van der Waals surface area contributed by atoms with E-state index in [1.807, 2.05) is 13.8 Å². The van der Waals surface area contributed by atoms with Gasteiger partial charge in [-0.15, -0.1) is 0 Å². The molecule has 0 saturated carbocycles. The normalized spacial score (nSPS) is 22.8. The molecule has 2 saturated heterocycles. The number of benzene rings is 1. The summed E-state index contributed by atoms with van der Waals surface area (Å²) in [5.41, 5.74) is -0.0116. The van der Waals surface area contributed by atoms with Crippen LogP contribution in [0, 0.1) is 0 Å². The van der Waals surface area contributed by atoms with Crippen LogP contribution in [0.5, 0.6) is 5.75 Å². The van der Waals surface area contributed by atoms with Gasteiger partial charge in [0.2, 0.25) is 10.0 Å². The average molecular weight is 426 g/mol. The minimum absolute atomic E-state index is 0.00889. The molecule has 0 aromatic heterocycles. The van der Waals surface area contributed by atoms with Gasteiger partial charge in [-0.05, 0) is 57.7 Å². The van der Waals surface area contributed by atoms with Crippen LogP contribution in [-0.4, -0.2) is 57.2 Å². The second kappa shape index (κ2) is 9.02.